The van der Waals surface area contributed by atoms with Crippen molar-refractivity contribution in [2.24, 2.45) is 0 Å². The Morgan fingerprint density at radius 1 is 1.10 bits per heavy atom. The standard InChI is InChI=1S/C18H24N2/c1-5-9-20-18(16-10-13(2)11-19-12-16)17-14(3)7-6-8-15(17)4/h6-8,10-12,18,20H,5,9H2,1-4H3. The number of nitrogens with one attached hydrogen (secondary N) is 1. The molecule has 1 unspecified atom stereocenters. The third-order valence-electron chi connectivity index (χ3n) is 3.66. The molecule has 20 heavy (non-hydrogen) atoms. The van der Waals surface area contributed by atoms with E-state index in [4.69, 9.17) is 0 Å². The number of aromatic nitrogens is 1. The minimum absolute atomic E-state index is 0.226. The summed E-state index contributed by atoms with van der Waals surface area (Å²) in [5.41, 5.74) is 6.50. The lowest BCUT2D eigenvalue weighted by Crippen LogP contribution is -2.25. The molecule has 2 aromatic rings. The van der Waals surface area contributed by atoms with Crippen LogP contribution in [0, 0.1) is 20.8 Å². The zero-order valence-electron chi connectivity index (χ0n) is 12.9. The second kappa shape index (κ2) is 6.67. The molecule has 0 radical (unpaired) electrons. The molecule has 106 valence electrons. The van der Waals surface area contributed by atoms with Gasteiger partial charge in [0.25, 0.3) is 0 Å². The number of pyridine rings is 1. The highest BCUT2D eigenvalue weighted by Gasteiger charge is 2.17. The summed E-state index contributed by atoms with van der Waals surface area (Å²) in [7, 11) is 0. The molecule has 0 aliphatic rings. The summed E-state index contributed by atoms with van der Waals surface area (Å²) < 4.78 is 0. The Labute approximate surface area is 122 Å². The van der Waals surface area contributed by atoms with E-state index < -0.39 is 0 Å². The van der Waals surface area contributed by atoms with Gasteiger partial charge in [0.2, 0.25) is 0 Å². The summed E-state index contributed by atoms with van der Waals surface area (Å²) in [6, 6.07) is 8.95. The molecular weight excluding hydrogens is 244 g/mol. The molecule has 0 saturated carbocycles. The second-order valence-electron chi connectivity index (χ2n) is 5.49. The van der Waals surface area contributed by atoms with Gasteiger partial charge in [-0.1, -0.05) is 31.2 Å². The van der Waals surface area contributed by atoms with E-state index in [0.717, 1.165) is 13.0 Å². The third-order valence-corrected chi connectivity index (χ3v) is 3.66. The van der Waals surface area contributed by atoms with Gasteiger partial charge in [-0.05, 0) is 61.6 Å². The van der Waals surface area contributed by atoms with Gasteiger partial charge in [0.05, 0.1) is 6.04 Å². The molecule has 2 nitrogen and oxygen atoms in total. The first kappa shape index (κ1) is 14.7. The van der Waals surface area contributed by atoms with Crippen molar-refractivity contribution < 1.29 is 0 Å². The minimum Gasteiger partial charge on any atom is -0.306 e. The molecule has 1 N–H and O–H groups in total. The Morgan fingerprint density at radius 3 is 2.40 bits per heavy atom. The highest BCUT2D eigenvalue weighted by molar-refractivity contribution is 5.41. The molecule has 0 aliphatic carbocycles. The molecule has 1 atom stereocenters. The summed E-state index contributed by atoms with van der Waals surface area (Å²) in [4.78, 5) is 4.36. The van der Waals surface area contributed by atoms with Gasteiger partial charge in [0.15, 0.2) is 0 Å². The SMILES string of the molecule is CCCNC(c1cncc(C)c1)c1c(C)cccc1C. The van der Waals surface area contributed by atoms with E-state index in [1.54, 1.807) is 0 Å². The quantitative estimate of drug-likeness (QED) is 0.883. The molecule has 0 fully saturated rings. The number of benzene rings is 1. The van der Waals surface area contributed by atoms with Gasteiger partial charge in [0, 0.05) is 12.4 Å². The fraction of sp³-hybridized carbons (Fsp3) is 0.389. The predicted molar refractivity (Wildman–Crippen MR) is 85.0 cm³/mol. The third kappa shape index (κ3) is 3.26. The normalized spacial score (nSPS) is 12.4. The fourth-order valence-electron chi connectivity index (χ4n) is 2.69. The first-order valence-corrected chi connectivity index (χ1v) is 7.34. The van der Waals surface area contributed by atoms with E-state index in [2.05, 4.69) is 62.3 Å². The Kier molecular flexibility index (Phi) is 4.91. The number of hydrogen-bond donors (Lipinski definition) is 1. The average Bonchev–Trinajstić information content (AvgIpc) is 2.42. The van der Waals surface area contributed by atoms with Crippen molar-refractivity contribution in [1.29, 1.82) is 0 Å². The maximum Gasteiger partial charge on any atom is 0.0597 e. The Balaban J connectivity index is 2.47. The maximum absolute atomic E-state index is 4.36. The van der Waals surface area contributed by atoms with Crippen molar-refractivity contribution >= 4 is 0 Å². The Morgan fingerprint density at radius 2 is 1.80 bits per heavy atom. The summed E-state index contributed by atoms with van der Waals surface area (Å²) in [5.74, 6) is 0. The van der Waals surface area contributed by atoms with E-state index in [9.17, 15) is 0 Å². The number of hydrogen-bond acceptors (Lipinski definition) is 2. The zero-order valence-corrected chi connectivity index (χ0v) is 12.9. The molecule has 0 amide bonds. The highest BCUT2D eigenvalue weighted by atomic mass is 14.9. The average molecular weight is 268 g/mol. The molecule has 0 bridgehead atoms. The van der Waals surface area contributed by atoms with Crippen LogP contribution in [0.4, 0.5) is 0 Å². The second-order valence-corrected chi connectivity index (χ2v) is 5.49. The van der Waals surface area contributed by atoms with Crippen molar-refractivity contribution in [2.75, 3.05) is 6.54 Å². The predicted octanol–water partition coefficient (Wildman–Crippen LogP) is 4.10. The smallest absolute Gasteiger partial charge is 0.0597 e. The van der Waals surface area contributed by atoms with Gasteiger partial charge in [-0.15, -0.1) is 0 Å². The molecule has 0 saturated heterocycles. The van der Waals surface area contributed by atoms with Gasteiger partial charge in [0.1, 0.15) is 0 Å². The first-order valence-electron chi connectivity index (χ1n) is 7.34. The topological polar surface area (TPSA) is 24.9 Å². The van der Waals surface area contributed by atoms with Crippen LogP contribution in [0.2, 0.25) is 0 Å². The molecule has 1 aromatic heterocycles. The largest absolute Gasteiger partial charge is 0.306 e. The summed E-state index contributed by atoms with van der Waals surface area (Å²) in [6.45, 7) is 9.67. The first-order chi connectivity index (χ1) is 9.63. The van der Waals surface area contributed by atoms with E-state index in [1.807, 2.05) is 12.4 Å². The molecule has 0 aliphatic heterocycles. The van der Waals surface area contributed by atoms with Gasteiger partial charge < -0.3 is 5.32 Å². The van der Waals surface area contributed by atoms with Gasteiger partial charge in [-0.25, -0.2) is 0 Å². The molecule has 0 spiro atoms. The summed E-state index contributed by atoms with van der Waals surface area (Å²) in [5, 5.41) is 3.67. The van der Waals surface area contributed by atoms with Crippen LogP contribution in [0.15, 0.2) is 36.7 Å². The van der Waals surface area contributed by atoms with E-state index in [-0.39, 0.29) is 6.04 Å². The summed E-state index contributed by atoms with van der Waals surface area (Å²) in [6.07, 6.45) is 5.01. The Bertz CT molecular complexity index is 555. The highest BCUT2D eigenvalue weighted by Crippen LogP contribution is 2.27. The maximum atomic E-state index is 4.36. The molecule has 1 heterocycles. The lowest BCUT2D eigenvalue weighted by atomic mass is 9.91. The van der Waals surface area contributed by atoms with E-state index in [0.29, 0.717) is 0 Å². The molecule has 2 heteroatoms. The summed E-state index contributed by atoms with van der Waals surface area (Å²) >= 11 is 0. The van der Waals surface area contributed by atoms with Gasteiger partial charge >= 0.3 is 0 Å². The van der Waals surface area contributed by atoms with Crippen molar-refractivity contribution in [2.45, 2.75) is 40.2 Å². The monoisotopic (exact) mass is 268 g/mol. The van der Waals surface area contributed by atoms with E-state index in [1.165, 1.54) is 27.8 Å². The Hall–Kier alpha value is -1.67. The fourth-order valence-corrected chi connectivity index (χ4v) is 2.69. The van der Waals surface area contributed by atoms with Crippen LogP contribution in [0.1, 0.15) is 47.2 Å². The van der Waals surface area contributed by atoms with Crippen molar-refractivity contribution in [3.63, 3.8) is 0 Å². The lowest BCUT2D eigenvalue weighted by molar-refractivity contribution is 0.592. The van der Waals surface area contributed by atoms with Gasteiger partial charge in [-0.3, -0.25) is 4.98 Å². The number of rotatable bonds is 5. The van der Waals surface area contributed by atoms with Crippen LogP contribution in [-0.2, 0) is 0 Å². The number of nitrogens with zero attached hydrogens (tertiary/aromatic N) is 1. The van der Waals surface area contributed by atoms with Crippen molar-refractivity contribution in [3.8, 4) is 0 Å². The van der Waals surface area contributed by atoms with Crippen molar-refractivity contribution in [1.82, 2.24) is 10.3 Å². The van der Waals surface area contributed by atoms with Crippen LogP contribution >= 0.6 is 0 Å². The molecule has 1 aromatic carbocycles. The molecular formula is C18H24N2. The molecule has 2 rings (SSSR count). The van der Waals surface area contributed by atoms with Crippen LogP contribution in [0.5, 0.6) is 0 Å². The van der Waals surface area contributed by atoms with Crippen molar-refractivity contribution in [3.05, 3.63) is 64.5 Å². The van der Waals surface area contributed by atoms with Gasteiger partial charge in [-0.2, -0.15) is 0 Å². The number of aryl methyl sites for hydroxylation is 3. The zero-order chi connectivity index (χ0) is 14.5. The van der Waals surface area contributed by atoms with E-state index >= 15 is 0 Å². The van der Waals surface area contributed by atoms with Crippen LogP contribution in [0.25, 0.3) is 0 Å². The van der Waals surface area contributed by atoms with Crippen LogP contribution in [-0.4, -0.2) is 11.5 Å². The van der Waals surface area contributed by atoms with Crippen LogP contribution < -0.4 is 5.32 Å². The minimum atomic E-state index is 0.226. The van der Waals surface area contributed by atoms with Crippen LogP contribution in [0.3, 0.4) is 0 Å². The lowest BCUT2D eigenvalue weighted by Gasteiger charge is -2.23.